The molecule has 15 heavy (non-hydrogen) atoms. The first kappa shape index (κ1) is 10.8. The lowest BCUT2D eigenvalue weighted by Crippen LogP contribution is -1.87. The van der Waals surface area contributed by atoms with E-state index in [0.29, 0.717) is 0 Å². The molecular formula is C11H9IN2S. The molecule has 2 nitrogen and oxygen atoms in total. The van der Waals surface area contributed by atoms with Gasteiger partial charge in [0, 0.05) is 20.3 Å². The molecule has 1 heterocycles. The summed E-state index contributed by atoms with van der Waals surface area (Å²) in [6.45, 7) is 0. The highest BCUT2D eigenvalue weighted by molar-refractivity contribution is 14.1. The number of benzene rings is 1. The Labute approximate surface area is 106 Å². The fourth-order valence-corrected chi connectivity index (χ4v) is 2.77. The second-order valence-corrected chi connectivity index (χ2v) is 5.18. The molecule has 0 saturated carbocycles. The van der Waals surface area contributed by atoms with Gasteiger partial charge in [0.05, 0.1) is 0 Å². The summed E-state index contributed by atoms with van der Waals surface area (Å²) < 4.78 is 1.16. The molecule has 0 aliphatic rings. The predicted octanol–water partition coefficient (Wildman–Crippen LogP) is 3.42. The first-order valence-electron chi connectivity index (χ1n) is 4.39. The van der Waals surface area contributed by atoms with Gasteiger partial charge < -0.3 is 5.73 Å². The van der Waals surface area contributed by atoms with Crippen molar-refractivity contribution in [3.63, 3.8) is 0 Å². The molecule has 0 radical (unpaired) electrons. The molecule has 0 aliphatic heterocycles. The molecule has 0 unspecified atom stereocenters. The Hall–Kier alpha value is -0.750. The number of aromatic nitrogens is 1. The third kappa shape index (κ3) is 2.85. The lowest BCUT2D eigenvalue weighted by atomic mass is 10.3. The molecule has 2 aromatic rings. The Bertz CT molecular complexity index is 459. The number of hydrogen-bond donors (Lipinski definition) is 1. The molecule has 4 heteroatoms. The number of anilines is 1. The molecule has 0 fully saturated rings. The minimum Gasteiger partial charge on any atom is -0.399 e. The summed E-state index contributed by atoms with van der Waals surface area (Å²) in [6.07, 6.45) is 1.80. The summed E-state index contributed by atoms with van der Waals surface area (Å²) in [5.41, 5.74) is 6.49. The van der Waals surface area contributed by atoms with Crippen molar-refractivity contribution in [1.82, 2.24) is 4.98 Å². The molecule has 0 saturated heterocycles. The molecule has 0 amide bonds. The van der Waals surface area contributed by atoms with Gasteiger partial charge in [-0.05, 0) is 52.9 Å². The molecular weight excluding hydrogens is 319 g/mol. The zero-order valence-corrected chi connectivity index (χ0v) is 10.8. The predicted molar refractivity (Wildman–Crippen MR) is 71.9 cm³/mol. The van der Waals surface area contributed by atoms with Crippen LogP contribution in [-0.2, 0) is 0 Å². The van der Waals surface area contributed by atoms with Crippen LogP contribution in [0.5, 0.6) is 0 Å². The number of nitrogens with two attached hydrogens (primary N) is 1. The molecule has 1 aromatic heterocycles. The average molecular weight is 328 g/mol. The zero-order chi connectivity index (χ0) is 10.7. The number of halogens is 1. The van der Waals surface area contributed by atoms with Gasteiger partial charge in [-0.25, -0.2) is 4.98 Å². The molecule has 0 aliphatic carbocycles. The highest BCUT2D eigenvalue weighted by atomic mass is 127. The molecule has 1 aromatic carbocycles. The molecule has 76 valence electrons. The minimum absolute atomic E-state index is 0.796. The van der Waals surface area contributed by atoms with Crippen LogP contribution in [0.4, 0.5) is 5.69 Å². The zero-order valence-electron chi connectivity index (χ0n) is 7.85. The van der Waals surface area contributed by atoms with Gasteiger partial charge in [0.2, 0.25) is 0 Å². The second-order valence-electron chi connectivity index (χ2n) is 2.96. The highest BCUT2D eigenvalue weighted by Gasteiger charge is 2.02. The number of pyridine rings is 1. The van der Waals surface area contributed by atoms with Crippen molar-refractivity contribution in [2.45, 2.75) is 9.92 Å². The molecule has 2 N–H and O–H groups in total. The minimum atomic E-state index is 0.796. The number of nitrogen functional groups attached to an aromatic ring is 1. The first-order valence-corrected chi connectivity index (χ1v) is 6.29. The SMILES string of the molecule is Nc1ccc(Sc2ccccn2)c(I)c1. The van der Waals surface area contributed by atoms with E-state index in [1.165, 1.54) is 4.90 Å². The van der Waals surface area contributed by atoms with Crippen LogP contribution in [0.25, 0.3) is 0 Å². The number of rotatable bonds is 2. The van der Waals surface area contributed by atoms with Crippen LogP contribution in [0.15, 0.2) is 52.5 Å². The van der Waals surface area contributed by atoms with Crippen molar-refractivity contribution in [2.24, 2.45) is 0 Å². The summed E-state index contributed by atoms with van der Waals surface area (Å²) >= 11 is 3.93. The van der Waals surface area contributed by atoms with Gasteiger partial charge in [-0.1, -0.05) is 17.8 Å². The van der Waals surface area contributed by atoms with Crippen LogP contribution >= 0.6 is 34.4 Å². The van der Waals surface area contributed by atoms with Crippen LogP contribution in [0.2, 0.25) is 0 Å². The van der Waals surface area contributed by atoms with E-state index >= 15 is 0 Å². The van der Waals surface area contributed by atoms with Crippen molar-refractivity contribution in [3.8, 4) is 0 Å². The molecule has 0 spiro atoms. The second kappa shape index (κ2) is 4.85. The Balaban J connectivity index is 2.25. The van der Waals surface area contributed by atoms with Crippen LogP contribution in [0.1, 0.15) is 0 Å². The quantitative estimate of drug-likeness (QED) is 0.678. The normalized spacial score (nSPS) is 10.2. The maximum Gasteiger partial charge on any atom is 0.101 e. The lowest BCUT2D eigenvalue weighted by molar-refractivity contribution is 1.13. The third-order valence-corrected chi connectivity index (χ3v) is 4.09. The van der Waals surface area contributed by atoms with Crippen molar-refractivity contribution in [1.29, 1.82) is 0 Å². The van der Waals surface area contributed by atoms with Crippen molar-refractivity contribution in [3.05, 3.63) is 46.2 Å². The van der Waals surface area contributed by atoms with E-state index in [2.05, 4.69) is 27.6 Å². The summed E-state index contributed by atoms with van der Waals surface area (Å²) in [7, 11) is 0. The van der Waals surface area contributed by atoms with E-state index in [1.807, 2.05) is 36.4 Å². The summed E-state index contributed by atoms with van der Waals surface area (Å²) in [5, 5.41) is 1.00. The number of nitrogens with zero attached hydrogens (tertiary/aromatic N) is 1. The maximum absolute atomic E-state index is 5.69. The highest BCUT2D eigenvalue weighted by Crippen LogP contribution is 2.30. The van der Waals surface area contributed by atoms with E-state index in [9.17, 15) is 0 Å². The Morgan fingerprint density at radius 3 is 2.73 bits per heavy atom. The van der Waals surface area contributed by atoms with E-state index in [1.54, 1.807) is 18.0 Å². The summed E-state index contributed by atoms with van der Waals surface area (Å²) in [6, 6.07) is 11.8. The van der Waals surface area contributed by atoms with Gasteiger partial charge in [0.1, 0.15) is 5.03 Å². The summed E-state index contributed by atoms with van der Waals surface area (Å²) in [4.78, 5) is 5.45. The fraction of sp³-hybridized carbons (Fsp3) is 0. The van der Waals surface area contributed by atoms with Crippen molar-refractivity contribution < 1.29 is 0 Å². The van der Waals surface area contributed by atoms with E-state index in [0.717, 1.165) is 14.3 Å². The first-order chi connectivity index (χ1) is 7.25. The Morgan fingerprint density at radius 1 is 1.20 bits per heavy atom. The fourth-order valence-electron chi connectivity index (χ4n) is 1.12. The van der Waals surface area contributed by atoms with Crippen LogP contribution in [0, 0.1) is 3.57 Å². The van der Waals surface area contributed by atoms with Gasteiger partial charge in [-0.15, -0.1) is 0 Å². The van der Waals surface area contributed by atoms with Gasteiger partial charge in [0.25, 0.3) is 0 Å². The standard InChI is InChI=1S/C11H9IN2S/c12-9-7-8(13)4-5-10(9)15-11-3-1-2-6-14-11/h1-7H,13H2. The van der Waals surface area contributed by atoms with Crippen LogP contribution in [0.3, 0.4) is 0 Å². The summed E-state index contributed by atoms with van der Waals surface area (Å²) in [5.74, 6) is 0. The van der Waals surface area contributed by atoms with Crippen molar-refractivity contribution in [2.75, 3.05) is 5.73 Å². The van der Waals surface area contributed by atoms with Gasteiger partial charge in [-0.3, -0.25) is 0 Å². The van der Waals surface area contributed by atoms with Gasteiger partial charge >= 0.3 is 0 Å². The van der Waals surface area contributed by atoms with E-state index in [-0.39, 0.29) is 0 Å². The Morgan fingerprint density at radius 2 is 2.07 bits per heavy atom. The smallest absolute Gasteiger partial charge is 0.101 e. The monoisotopic (exact) mass is 328 g/mol. The topological polar surface area (TPSA) is 38.9 Å². The average Bonchev–Trinajstić information content (AvgIpc) is 2.24. The molecule has 2 rings (SSSR count). The lowest BCUT2D eigenvalue weighted by Gasteiger charge is -2.04. The largest absolute Gasteiger partial charge is 0.399 e. The Kier molecular flexibility index (Phi) is 3.48. The number of hydrogen-bond acceptors (Lipinski definition) is 3. The van der Waals surface area contributed by atoms with Gasteiger partial charge in [0.15, 0.2) is 0 Å². The van der Waals surface area contributed by atoms with Gasteiger partial charge in [-0.2, -0.15) is 0 Å². The molecule has 0 atom stereocenters. The van der Waals surface area contributed by atoms with E-state index in [4.69, 9.17) is 5.73 Å². The third-order valence-electron chi connectivity index (χ3n) is 1.81. The maximum atomic E-state index is 5.69. The van der Waals surface area contributed by atoms with Crippen LogP contribution in [-0.4, -0.2) is 4.98 Å². The van der Waals surface area contributed by atoms with Crippen molar-refractivity contribution >= 4 is 40.0 Å². The van der Waals surface area contributed by atoms with E-state index < -0.39 is 0 Å². The van der Waals surface area contributed by atoms with Crippen LogP contribution < -0.4 is 5.73 Å². The molecule has 0 bridgehead atoms.